The highest BCUT2D eigenvalue weighted by Crippen LogP contribution is 2.30. The Bertz CT molecular complexity index is 669. The molecule has 5 nitrogen and oxygen atoms in total. The van der Waals surface area contributed by atoms with E-state index in [1.54, 1.807) is 0 Å². The number of nitrogens with zero attached hydrogens (tertiary/aromatic N) is 2. The Labute approximate surface area is 129 Å². The molecule has 0 aromatic heterocycles. The van der Waals surface area contributed by atoms with E-state index in [4.69, 9.17) is 16.9 Å². The maximum atomic E-state index is 12.7. The van der Waals surface area contributed by atoms with Crippen molar-refractivity contribution < 1.29 is 13.5 Å². The summed E-state index contributed by atoms with van der Waals surface area (Å²) >= 11 is 5.92. The molecular weight excluding hydrogens is 312 g/mol. The van der Waals surface area contributed by atoms with E-state index in [0.717, 1.165) is 12.8 Å². The van der Waals surface area contributed by atoms with Crippen molar-refractivity contribution in [2.75, 3.05) is 13.2 Å². The van der Waals surface area contributed by atoms with Crippen LogP contribution in [0, 0.1) is 17.2 Å². The Morgan fingerprint density at radius 1 is 1.52 bits per heavy atom. The van der Waals surface area contributed by atoms with Gasteiger partial charge in [0.2, 0.25) is 10.0 Å². The largest absolute Gasteiger partial charge is 0.395 e. The first-order chi connectivity index (χ1) is 9.91. The number of halogens is 1. The SMILES string of the molecule is CC1CCCN(S(=O)(=O)c2ccc(C#N)c(Cl)c2)C1CO. The summed E-state index contributed by atoms with van der Waals surface area (Å²) in [5, 5.41) is 18.5. The minimum atomic E-state index is -3.72. The van der Waals surface area contributed by atoms with Gasteiger partial charge < -0.3 is 5.11 Å². The zero-order valence-corrected chi connectivity index (χ0v) is 13.2. The highest BCUT2D eigenvalue weighted by atomic mass is 35.5. The number of hydrogen-bond acceptors (Lipinski definition) is 4. The lowest BCUT2D eigenvalue weighted by Gasteiger charge is -2.37. The van der Waals surface area contributed by atoms with Gasteiger partial charge in [-0.3, -0.25) is 0 Å². The lowest BCUT2D eigenvalue weighted by Crippen LogP contribution is -2.49. The molecule has 0 spiro atoms. The van der Waals surface area contributed by atoms with Gasteiger partial charge in [0.05, 0.1) is 28.1 Å². The van der Waals surface area contributed by atoms with Crippen LogP contribution >= 0.6 is 11.6 Å². The van der Waals surface area contributed by atoms with Crippen LogP contribution in [0.1, 0.15) is 25.3 Å². The Kier molecular flexibility index (Phi) is 4.89. The molecule has 1 aromatic carbocycles. The fourth-order valence-electron chi connectivity index (χ4n) is 2.66. The molecule has 21 heavy (non-hydrogen) atoms. The molecule has 1 heterocycles. The number of hydrogen-bond donors (Lipinski definition) is 1. The lowest BCUT2D eigenvalue weighted by molar-refractivity contribution is 0.113. The summed E-state index contributed by atoms with van der Waals surface area (Å²) < 4.78 is 26.8. The van der Waals surface area contributed by atoms with Gasteiger partial charge >= 0.3 is 0 Å². The molecule has 0 radical (unpaired) electrons. The molecule has 0 aliphatic carbocycles. The fourth-order valence-corrected chi connectivity index (χ4v) is 4.73. The van der Waals surface area contributed by atoms with Crippen molar-refractivity contribution in [3.05, 3.63) is 28.8 Å². The van der Waals surface area contributed by atoms with Crippen molar-refractivity contribution in [2.45, 2.75) is 30.7 Å². The normalized spacial score (nSPS) is 23.7. The maximum absolute atomic E-state index is 12.7. The quantitative estimate of drug-likeness (QED) is 0.920. The molecule has 1 fully saturated rings. The van der Waals surface area contributed by atoms with Crippen molar-refractivity contribution in [1.29, 1.82) is 5.26 Å². The Hall–Kier alpha value is -1.13. The zero-order valence-electron chi connectivity index (χ0n) is 11.7. The van der Waals surface area contributed by atoms with Gasteiger partial charge in [-0.2, -0.15) is 9.57 Å². The monoisotopic (exact) mass is 328 g/mol. The topological polar surface area (TPSA) is 81.4 Å². The maximum Gasteiger partial charge on any atom is 0.243 e. The summed E-state index contributed by atoms with van der Waals surface area (Å²) in [5.74, 6) is 0.104. The highest BCUT2D eigenvalue weighted by Gasteiger charge is 2.36. The van der Waals surface area contributed by atoms with Gasteiger partial charge in [0.1, 0.15) is 6.07 Å². The minimum absolute atomic E-state index is 0.0547. The van der Waals surface area contributed by atoms with Crippen LogP contribution in [0.15, 0.2) is 23.1 Å². The zero-order chi connectivity index (χ0) is 15.6. The Balaban J connectivity index is 2.41. The minimum Gasteiger partial charge on any atom is -0.395 e. The third-order valence-corrected chi connectivity index (χ3v) is 6.15. The number of sulfonamides is 1. The van der Waals surface area contributed by atoms with Crippen molar-refractivity contribution >= 4 is 21.6 Å². The van der Waals surface area contributed by atoms with Crippen LogP contribution in [0.25, 0.3) is 0 Å². The van der Waals surface area contributed by atoms with Crippen LogP contribution in [0.2, 0.25) is 5.02 Å². The van der Waals surface area contributed by atoms with E-state index < -0.39 is 16.1 Å². The summed E-state index contributed by atoms with van der Waals surface area (Å²) in [6.45, 7) is 2.12. The summed E-state index contributed by atoms with van der Waals surface area (Å²) in [4.78, 5) is 0.0547. The van der Waals surface area contributed by atoms with E-state index >= 15 is 0 Å². The van der Waals surface area contributed by atoms with Crippen LogP contribution in [0.4, 0.5) is 0 Å². The molecule has 0 bridgehead atoms. The van der Waals surface area contributed by atoms with Gasteiger partial charge in [-0.15, -0.1) is 0 Å². The van der Waals surface area contributed by atoms with Gasteiger partial charge in [-0.1, -0.05) is 18.5 Å². The molecule has 2 atom stereocenters. The summed E-state index contributed by atoms with van der Waals surface area (Å²) in [6, 6.07) is 5.56. The number of rotatable bonds is 3. The number of piperidine rings is 1. The molecule has 1 N–H and O–H groups in total. The summed E-state index contributed by atoms with van der Waals surface area (Å²) in [6.07, 6.45) is 1.66. The fraction of sp³-hybridized carbons (Fsp3) is 0.500. The predicted octanol–water partition coefficient (Wildman–Crippen LogP) is 1.99. The number of nitriles is 1. The van der Waals surface area contributed by atoms with E-state index in [2.05, 4.69) is 0 Å². The molecule has 1 aromatic rings. The van der Waals surface area contributed by atoms with Gasteiger partial charge in [0, 0.05) is 6.54 Å². The van der Waals surface area contributed by atoms with E-state index in [0.29, 0.717) is 6.54 Å². The van der Waals surface area contributed by atoms with Crippen LogP contribution in [0.5, 0.6) is 0 Å². The molecule has 7 heteroatoms. The Morgan fingerprint density at radius 2 is 2.24 bits per heavy atom. The molecule has 0 amide bonds. The second kappa shape index (κ2) is 6.32. The van der Waals surface area contributed by atoms with E-state index in [9.17, 15) is 13.5 Å². The molecule has 2 rings (SSSR count). The molecule has 1 aliphatic rings. The van der Waals surface area contributed by atoms with E-state index in [-0.39, 0.29) is 28.0 Å². The third kappa shape index (κ3) is 3.06. The molecule has 114 valence electrons. The van der Waals surface area contributed by atoms with Crippen molar-refractivity contribution in [2.24, 2.45) is 5.92 Å². The van der Waals surface area contributed by atoms with E-state index in [1.165, 1.54) is 22.5 Å². The van der Waals surface area contributed by atoms with Crippen LogP contribution in [0.3, 0.4) is 0 Å². The molecule has 1 saturated heterocycles. The van der Waals surface area contributed by atoms with Crippen LogP contribution in [-0.2, 0) is 10.0 Å². The third-order valence-electron chi connectivity index (χ3n) is 3.92. The van der Waals surface area contributed by atoms with Gasteiger partial charge in [-0.05, 0) is 37.0 Å². The average Bonchev–Trinajstić information content (AvgIpc) is 2.46. The van der Waals surface area contributed by atoms with Crippen molar-refractivity contribution in [3.8, 4) is 6.07 Å². The van der Waals surface area contributed by atoms with Gasteiger partial charge in [0.25, 0.3) is 0 Å². The number of aliphatic hydroxyl groups is 1. The second-order valence-electron chi connectivity index (χ2n) is 5.24. The predicted molar refractivity (Wildman–Crippen MR) is 79.3 cm³/mol. The van der Waals surface area contributed by atoms with Gasteiger partial charge in [0.15, 0.2) is 0 Å². The lowest BCUT2D eigenvalue weighted by atomic mass is 9.93. The number of benzene rings is 1. The average molecular weight is 329 g/mol. The van der Waals surface area contributed by atoms with Gasteiger partial charge in [-0.25, -0.2) is 8.42 Å². The summed E-state index contributed by atoms with van der Waals surface area (Å²) in [5.41, 5.74) is 0.237. The first-order valence-corrected chi connectivity index (χ1v) is 8.56. The smallest absolute Gasteiger partial charge is 0.243 e. The van der Waals surface area contributed by atoms with Crippen molar-refractivity contribution in [3.63, 3.8) is 0 Å². The number of aliphatic hydroxyl groups excluding tert-OH is 1. The molecule has 0 saturated carbocycles. The van der Waals surface area contributed by atoms with Crippen LogP contribution in [-0.4, -0.2) is 37.0 Å². The molecular formula is C14H17ClN2O3S. The first kappa shape index (κ1) is 16.2. The van der Waals surface area contributed by atoms with Crippen LogP contribution < -0.4 is 0 Å². The Morgan fingerprint density at radius 3 is 2.81 bits per heavy atom. The standard InChI is InChI=1S/C14H17ClN2O3S/c1-10-3-2-6-17(14(10)9-18)21(19,20)12-5-4-11(8-16)13(15)7-12/h4-5,7,10,14,18H,2-3,6,9H2,1H3. The van der Waals surface area contributed by atoms with E-state index in [1.807, 2.05) is 13.0 Å². The second-order valence-corrected chi connectivity index (χ2v) is 7.54. The first-order valence-electron chi connectivity index (χ1n) is 6.74. The summed E-state index contributed by atoms with van der Waals surface area (Å²) in [7, 11) is -3.72. The highest BCUT2D eigenvalue weighted by molar-refractivity contribution is 7.89. The molecule has 1 aliphatic heterocycles. The molecule has 2 unspecified atom stereocenters. The van der Waals surface area contributed by atoms with Crippen molar-refractivity contribution in [1.82, 2.24) is 4.31 Å².